The summed E-state index contributed by atoms with van der Waals surface area (Å²) in [6.45, 7) is 8.87. The minimum atomic E-state index is 0.227. The van der Waals surface area contributed by atoms with Crippen LogP contribution >= 0.6 is 0 Å². The standard InChI is InChI=1S/C13H17N/c1-10-5-7-12-8-6-11(9-14(10)12)13(2,3)4/h5-9H,1-4H3. The second-order valence-electron chi connectivity index (χ2n) is 4.94. The molecule has 0 aliphatic heterocycles. The smallest absolute Gasteiger partial charge is 0.0452 e. The van der Waals surface area contributed by atoms with Crippen LogP contribution in [0.15, 0.2) is 30.5 Å². The molecule has 0 aromatic carbocycles. The molecule has 0 unspecified atom stereocenters. The van der Waals surface area contributed by atoms with Gasteiger partial charge in [-0.15, -0.1) is 0 Å². The molecule has 0 saturated heterocycles. The third kappa shape index (κ3) is 1.43. The van der Waals surface area contributed by atoms with Gasteiger partial charge in [-0.05, 0) is 36.1 Å². The van der Waals surface area contributed by atoms with Crippen LogP contribution in [0.25, 0.3) is 5.52 Å². The normalized spacial score (nSPS) is 12.3. The van der Waals surface area contributed by atoms with E-state index in [1.54, 1.807) is 0 Å². The van der Waals surface area contributed by atoms with Crippen molar-refractivity contribution in [3.63, 3.8) is 0 Å². The first kappa shape index (κ1) is 9.32. The van der Waals surface area contributed by atoms with Gasteiger partial charge in [0.1, 0.15) is 0 Å². The van der Waals surface area contributed by atoms with Crippen LogP contribution in [0.2, 0.25) is 0 Å². The summed E-state index contributed by atoms with van der Waals surface area (Å²) in [5, 5.41) is 0. The molecule has 0 fully saturated rings. The molecule has 0 bridgehead atoms. The predicted octanol–water partition coefficient (Wildman–Crippen LogP) is 3.55. The number of hydrogen-bond donors (Lipinski definition) is 0. The van der Waals surface area contributed by atoms with Gasteiger partial charge in [0.15, 0.2) is 0 Å². The van der Waals surface area contributed by atoms with Crippen molar-refractivity contribution in [2.24, 2.45) is 0 Å². The quantitative estimate of drug-likeness (QED) is 0.594. The van der Waals surface area contributed by atoms with Crippen molar-refractivity contribution >= 4 is 5.52 Å². The van der Waals surface area contributed by atoms with Crippen LogP contribution in [-0.4, -0.2) is 4.40 Å². The van der Waals surface area contributed by atoms with Crippen LogP contribution in [-0.2, 0) is 5.41 Å². The molecule has 1 nitrogen and oxygen atoms in total. The minimum Gasteiger partial charge on any atom is -0.321 e. The second-order valence-corrected chi connectivity index (χ2v) is 4.94. The van der Waals surface area contributed by atoms with E-state index in [0.717, 1.165) is 0 Å². The van der Waals surface area contributed by atoms with Crippen molar-refractivity contribution in [2.75, 3.05) is 0 Å². The first-order chi connectivity index (χ1) is 6.48. The molecule has 2 aromatic heterocycles. The fourth-order valence-corrected chi connectivity index (χ4v) is 1.68. The lowest BCUT2D eigenvalue weighted by Crippen LogP contribution is -2.11. The van der Waals surface area contributed by atoms with Crippen molar-refractivity contribution in [2.45, 2.75) is 33.1 Å². The molecule has 0 radical (unpaired) electrons. The molecule has 14 heavy (non-hydrogen) atoms. The van der Waals surface area contributed by atoms with Gasteiger partial charge in [0.2, 0.25) is 0 Å². The van der Waals surface area contributed by atoms with Crippen LogP contribution < -0.4 is 0 Å². The third-order valence-corrected chi connectivity index (χ3v) is 2.72. The average molecular weight is 187 g/mol. The summed E-state index contributed by atoms with van der Waals surface area (Å²) in [4.78, 5) is 0. The van der Waals surface area contributed by atoms with E-state index < -0.39 is 0 Å². The van der Waals surface area contributed by atoms with E-state index in [1.165, 1.54) is 16.8 Å². The summed E-state index contributed by atoms with van der Waals surface area (Å²) in [7, 11) is 0. The molecule has 1 heteroatoms. The minimum absolute atomic E-state index is 0.227. The van der Waals surface area contributed by atoms with E-state index in [0.29, 0.717) is 0 Å². The SMILES string of the molecule is Cc1ccc2ccc(C(C)(C)C)cn12. The summed E-state index contributed by atoms with van der Waals surface area (Å²) in [5.41, 5.74) is 4.18. The molecule has 0 saturated carbocycles. The predicted molar refractivity (Wildman–Crippen MR) is 60.8 cm³/mol. The largest absolute Gasteiger partial charge is 0.321 e. The lowest BCUT2D eigenvalue weighted by atomic mass is 9.88. The van der Waals surface area contributed by atoms with Crippen molar-refractivity contribution in [1.29, 1.82) is 0 Å². The van der Waals surface area contributed by atoms with Gasteiger partial charge in [0.05, 0.1) is 0 Å². The Balaban J connectivity index is 2.66. The van der Waals surface area contributed by atoms with Gasteiger partial charge in [0, 0.05) is 17.4 Å². The Morgan fingerprint density at radius 2 is 1.64 bits per heavy atom. The summed E-state index contributed by atoms with van der Waals surface area (Å²) in [5.74, 6) is 0. The zero-order chi connectivity index (χ0) is 10.3. The highest BCUT2D eigenvalue weighted by Gasteiger charge is 2.13. The number of hydrogen-bond acceptors (Lipinski definition) is 0. The fourth-order valence-electron chi connectivity index (χ4n) is 1.68. The lowest BCUT2D eigenvalue weighted by molar-refractivity contribution is 0.586. The Bertz CT molecular complexity index is 458. The van der Waals surface area contributed by atoms with E-state index in [1.807, 2.05) is 0 Å². The van der Waals surface area contributed by atoms with Gasteiger partial charge in [-0.2, -0.15) is 0 Å². The van der Waals surface area contributed by atoms with Gasteiger partial charge in [-0.25, -0.2) is 0 Å². The molecule has 2 heterocycles. The van der Waals surface area contributed by atoms with Gasteiger partial charge in [-0.3, -0.25) is 0 Å². The highest BCUT2D eigenvalue weighted by Crippen LogP contribution is 2.23. The Morgan fingerprint density at radius 1 is 1.00 bits per heavy atom. The molecule has 0 atom stereocenters. The number of fused-ring (bicyclic) bond motifs is 1. The highest BCUT2D eigenvalue weighted by molar-refractivity contribution is 5.50. The van der Waals surface area contributed by atoms with Gasteiger partial charge < -0.3 is 4.40 Å². The number of pyridine rings is 1. The summed E-state index contributed by atoms with van der Waals surface area (Å²) in [6.07, 6.45) is 2.24. The zero-order valence-electron chi connectivity index (χ0n) is 9.33. The average Bonchev–Trinajstić information content (AvgIpc) is 2.46. The van der Waals surface area contributed by atoms with Crippen LogP contribution in [0.1, 0.15) is 32.0 Å². The van der Waals surface area contributed by atoms with E-state index in [-0.39, 0.29) is 5.41 Å². The number of aromatic nitrogens is 1. The van der Waals surface area contributed by atoms with Crippen molar-refractivity contribution < 1.29 is 0 Å². The Morgan fingerprint density at radius 3 is 2.29 bits per heavy atom. The van der Waals surface area contributed by atoms with Gasteiger partial charge >= 0.3 is 0 Å². The van der Waals surface area contributed by atoms with Crippen LogP contribution in [0.4, 0.5) is 0 Å². The third-order valence-electron chi connectivity index (χ3n) is 2.72. The molecule has 0 spiro atoms. The molecular formula is C13H17N. The van der Waals surface area contributed by atoms with E-state index >= 15 is 0 Å². The summed E-state index contributed by atoms with van der Waals surface area (Å²) >= 11 is 0. The van der Waals surface area contributed by atoms with Crippen LogP contribution in [0, 0.1) is 6.92 Å². The van der Waals surface area contributed by atoms with Crippen molar-refractivity contribution in [3.8, 4) is 0 Å². The highest BCUT2D eigenvalue weighted by atomic mass is 14.9. The molecule has 2 rings (SSSR count). The molecule has 0 aliphatic rings. The maximum atomic E-state index is 2.25. The fraction of sp³-hybridized carbons (Fsp3) is 0.385. The monoisotopic (exact) mass is 187 g/mol. The van der Waals surface area contributed by atoms with Gasteiger partial charge in [-0.1, -0.05) is 26.8 Å². The van der Waals surface area contributed by atoms with E-state index in [2.05, 4.69) is 62.6 Å². The number of rotatable bonds is 0. The van der Waals surface area contributed by atoms with Crippen molar-refractivity contribution in [1.82, 2.24) is 4.40 Å². The maximum absolute atomic E-state index is 2.25. The second kappa shape index (κ2) is 2.88. The first-order valence-electron chi connectivity index (χ1n) is 5.07. The molecule has 74 valence electrons. The summed E-state index contributed by atoms with van der Waals surface area (Å²) < 4.78 is 2.25. The Kier molecular flexibility index (Phi) is 1.91. The van der Waals surface area contributed by atoms with Gasteiger partial charge in [0.25, 0.3) is 0 Å². The van der Waals surface area contributed by atoms with E-state index in [9.17, 15) is 0 Å². The lowest BCUT2D eigenvalue weighted by Gasteiger charge is -2.19. The maximum Gasteiger partial charge on any atom is 0.0452 e. The van der Waals surface area contributed by atoms with Crippen molar-refractivity contribution in [3.05, 3.63) is 41.7 Å². The molecule has 0 aliphatic carbocycles. The molecule has 2 aromatic rings. The number of aryl methyl sites for hydroxylation is 1. The Labute approximate surface area is 85.4 Å². The van der Waals surface area contributed by atoms with Crippen LogP contribution in [0.5, 0.6) is 0 Å². The zero-order valence-corrected chi connectivity index (χ0v) is 9.33. The summed E-state index contributed by atoms with van der Waals surface area (Å²) in [6, 6.07) is 8.71. The van der Waals surface area contributed by atoms with E-state index in [4.69, 9.17) is 0 Å². The molecular weight excluding hydrogens is 170 g/mol. The van der Waals surface area contributed by atoms with Crippen LogP contribution in [0.3, 0.4) is 0 Å². The topological polar surface area (TPSA) is 4.41 Å². The molecule has 0 amide bonds. The Hall–Kier alpha value is -1.24. The number of nitrogens with zero attached hydrogens (tertiary/aromatic N) is 1. The molecule has 0 N–H and O–H groups in total. The first-order valence-corrected chi connectivity index (χ1v) is 5.07.